The number of esters is 1. The van der Waals surface area contributed by atoms with Gasteiger partial charge in [-0.25, -0.2) is 18.0 Å². The molecule has 0 saturated heterocycles. The number of benzene rings is 1. The standard InChI is InChI=1S/C32H28F3N3O6/c1-5-9-23-22(7-3)28(40)38(29(23)41)17-32(34,35)16-37-26-21(6-2)19(14-18-10-12-20(33)13-11-18)15-36-25(26)27(39)24(30(37)42)31(43)44-8-4/h5-7,9-13,15,39H,2-3,8,14,16-17H2,1,4H3. The van der Waals surface area contributed by atoms with Crippen molar-refractivity contribution in [1.82, 2.24) is 14.5 Å². The summed E-state index contributed by atoms with van der Waals surface area (Å²) in [4.78, 5) is 56.6. The molecule has 0 aliphatic carbocycles. The maximum atomic E-state index is 15.8. The Hall–Kier alpha value is -5.26. The Labute approximate surface area is 249 Å². The topological polar surface area (TPSA) is 119 Å². The van der Waals surface area contributed by atoms with Crippen LogP contribution in [0.25, 0.3) is 17.1 Å². The lowest BCUT2D eigenvalue weighted by atomic mass is 9.99. The number of amides is 2. The maximum absolute atomic E-state index is 15.8. The number of nitrogens with zero attached hydrogens (tertiary/aromatic N) is 3. The number of carbonyl (C=O) groups excluding carboxylic acids is 3. The minimum Gasteiger partial charge on any atom is -0.505 e. The number of carbonyl (C=O) groups is 3. The van der Waals surface area contributed by atoms with Crippen LogP contribution in [0.1, 0.15) is 40.9 Å². The smallest absolute Gasteiger partial charge is 0.347 e. The van der Waals surface area contributed by atoms with E-state index in [0.717, 1.165) is 6.08 Å². The lowest BCUT2D eigenvalue weighted by molar-refractivity contribution is -0.144. The van der Waals surface area contributed by atoms with Gasteiger partial charge < -0.3 is 9.84 Å². The third-order valence-electron chi connectivity index (χ3n) is 6.91. The summed E-state index contributed by atoms with van der Waals surface area (Å²) in [5.74, 6) is -8.47. The first kappa shape index (κ1) is 31.7. The molecule has 0 atom stereocenters. The molecule has 0 bridgehead atoms. The number of ether oxygens (including phenoxy) is 1. The quantitative estimate of drug-likeness (QED) is 0.248. The number of allylic oxidation sites excluding steroid dienone is 1. The molecular weight excluding hydrogens is 579 g/mol. The summed E-state index contributed by atoms with van der Waals surface area (Å²) in [5.41, 5.74) is -1.96. The molecule has 4 rings (SSSR count). The second-order valence-corrected chi connectivity index (χ2v) is 9.82. The summed E-state index contributed by atoms with van der Waals surface area (Å²) in [6, 6.07) is 5.49. The van der Waals surface area contributed by atoms with Crippen LogP contribution in [0.2, 0.25) is 0 Å². The van der Waals surface area contributed by atoms with Crippen LogP contribution in [-0.4, -0.2) is 56.4 Å². The number of halogens is 3. The predicted octanol–water partition coefficient (Wildman–Crippen LogP) is 4.71. The first-order valence-corrected chi connectivity index (χ1v) is 13.4. The van der Waals surface area contributed by atoms with Gasteiger partial charge in [-0.1, -0.05) is 49.6 Å². The fraction of sp³-hybridized carbons (Fsp3) is 0.219. The monoisotopic (exact) mass is 607 g/mol. The molecule has 0 radical (unpaired) electrons. The lowest BCUT2D eigenvalue weighted by Crippen LogP contribution is -2.45. The van der Waals surface area contributed by atoms with Crippen LogP contribution in [0.3, 0.4) is 0 Å². The molecule has 1 N–H and O–H groups in total. The number of hydrogen-bond acceptors (Lipinski definition) is 7. The predicted molar refractivity (Wildman–Crippen MR) is 157 cm³/mol. The highest BCUT2D eigenvalue weighted by molar-refractivity contribution is 6.22. The molecule has 1 aromatic carbocycles. The summed E-state index contributed by atoms with van der Waals surface area (Å²) < 4.78 is 50.6. The van der Waals surface area contributed by atoms with Crippen LogP contribution in [0.4, 0.5) is 13.2 Å². The molecule has 3 heterocycles. The van der Waals surface area contributed by atoms with Gasteiger partial charge in [0.1, 0.15) is 11.3 Å². The largest absolute Gasteiger partial charge is 0.505 e. The Morgan fingerprint density at radius 3 is 2.32 bits per heavy atom. The Morgan fingerprint density at radius 2 is 1.73 bits per heavy atom. The van der Waals surface area contributed by atoms with Gasteiger partial charge >= 0.3 is 5.97 Å². The van der Waals surface area contributed by atoms with Crippen molar-refractivity contribution in [3.8, 4) is 5.75 Å². The Kier molecular flexibility index (Phi) is 9.03. The van der Waals surface area contributed by atoms with E-state index in [1.54, 1.807) is 6.92 Å². The molecule has 0 fully saturated rings. The van der Waals surface area contributed by atoms with E-state index < -0.39 is 59.5 Å². The van der Waals surface area contributed by atoms with Gasteiger partial charge in [-0.3, -0.25) is 28.8 Å². The molecule has 9 nitrogen and oxygen atoms in total. The summed E-state index contributed by atoms with van der Waals surface area (Å²) in [7, 11) is 0. The van der Waals surface area contributed by atoms with E-state index in [2.05, 4.69) is 18.1 Å². The van der Waals surface area contributed by atoms with Gasteiger partial charge in [-0.05, 0) is 43.5 Å². The van der Waals surface area contributed by atoms with Crippen LogP contribution in [0.5, 0.6) is 5.75 Å². The number of rotatable bonds is 11. The second kappa shape index (κ2) is 12.5. The minimum atomic E-state index is -3.92. The minimum absolute atomic E-state index is 0.108. The highest BCUT2D eigenvalue weighted by atomic mass is 19.3. The number of hydrogen-bond donors (Lipinski definition) is 1. The first-order valence-electron chi connectivity index (χ1n) is 13.4. The van der Waals surface area contributed by atoms with E-state index in [1.165, 1.54) is 55.6 Å². The van der Waals surface area contributed by atoms with Gasteiger partial charge in [-0.2, -0.15) is 0 Å². The maximum Gasteiger partial charge on any atom is 0.347 e. The van der Waals surface area contributed by atoms with E-state index in [4.69, 9.17) is 4.74 Å². The van der Waals surface area contributed by atoms with Crippen LogP contribution in [0, 0.1) is 5.82 Å². The highest BCUT2D eigenvalue weighted by Gasteiger charge is 2.43. The number of imide groups is 1. The molecule has 2 aromatic heterocycles. The van der Waals surface area contributed by atoms with Crippen molar-refractivity contribution in [3.05, 3.63) is 111 Å². The normalized spacial score (nSPS) is 13.8. The van der Waals surface area contributed by atoms with E-state index in [-0.39, 0.29) is 40.8 Å². The summed E-state index contributed by atoms with van der Waals surface area (Å²) >= 11 is 0. The third kappa shape index (κ3) is 5.83. The molecule has 228 valence electrons. The van der Waals surface area contributed by atoms with Gasteiger partial charge in [0.25, 0.3) is 23.3 Å². The molecule has 1 aliphatic rings. The van der Waals surface area contributed by atoms with Crippen molar-refractivity contribution in [1.29, 1.82) is 0 Å². The van der Waals surface area contributed by atoms with Crippen molar-refractivity contribution in [3.63, 3.8) is 0 Å². The number of alkyl halides is 2. The van der Waals surface area contributed by atoms with E-state index in [9.17, 15) is 28.7 Å². The number of aromatic hydroxyl groups is 1. The fourth-order valence-corrected chi connectivity index (χ4v) is 4.98. The Balaban J connectivity index is 1.89. The molecule has 0 unspecified atom stereocenters. The Morgan fingerprint density at radius 1 is 1.07 bits per heavy atom. The number of fused-ring (bicyclic) bond motifs is 1. The SMILES string of the molecule is C=CC1=C(C=CC)C(=O)N(CC(F)(F)Cn2c(=O)c(C(=O)OCC)c(O)c3ncc(Cc4ccc(F)cc4)c(C=C)c32)C1=O. The molecule has 2 amide bonds. The van der Waals surface area contributed by atoms with Gasteiger partial charge in [0.2, 0.25) is 0 Å². The van der Waals surface area contributed by atoms with E-state index in [1.807, 2.05) is 0 Å². The van der Waals surface area contributed by atoms with Crippen LogP contribution in [-0.2, 0) is 27.3 Å². The lowest BCUT2D eigenvalue weighted by Gasteiger charge is -2.25. The van der Waals surface area contributed by atoms with Crippen molar-refractivity contribution in [2.75, 3.05) is 13.2 Å². The molecular formula is C32H28F3N3O6. The zero-order valence-corrected chi connectivity index (χ0v) is 23.9. The average Bonchev–Trinajstić information content (AvgIpc) is 3.19. The molecule has 12 heteroatoms. The summed E-state index contributed by atoms with van der Waals surface area (Å²) in [6.45, 7) is 7.27. The second-order valence-electron chi connectivity index (χ2n) is 9.82. The molecule has 0 saturated carbocycles. The van der Waals surface area contributed by atoms with Gasteiger partial charge in [0.05, 0.1) is 36.4 Å². The highest BCUT2D eigenvalue weighted by Crippen LogP contribution is 2.33. The van der Waals surface area contributed by atoms with Crippen molar-refractivity contribution >= 4 is 34.9 Å². The Bertz CT molecular complexity index is 1820. The first-order chi connectivity index (χ1) is 20.9. The summed E-state index contributed by atoms with van der Waals surface area (Å²) in [5, 5.41) is 11.0. The molecule has 44 heavy (non-hydrogen) atoms. The van der Waals surface area contributed by atoms with Gasteiger partial charge in [-0.15, -0.1) is 0 Å². The number of pyridine rings is 2. The van der Waals surface area contributed by atoms with Crippen LogP contribution >= 0.6 is 0 Å². The van der Waals surface area contributed by atoms with Crippen molar-refractivity contribution in [2.45, 2.75) is 32.7 Å². The zero-order valence-electron chi connectivity index (χ0n) is 23.9. The molecule has 3 aromatic rings. The molecule has 0 spiro atoms. The van der Waals surface area contributed by atoms with Crippen LogP contribution < -0.4 is 5.56 Å². The van der Waals surface area contributed by atoms with Gasteiger partial charge in [0.15, 0.2) is 11.3 Å². The van der Waals surface area contributed by atoms with Gasteiger partial charge in [0, 0.05) is 11.8 Å². The zero-order chi connectivity index (χ0) is 32.3. The summed E-state index contributed by atoms with van der Waals surface area (Å²) in [6.07, 6.45) is 6.59. The van der Waals surface area contributed by atoms with Crippen LogP contribution in [0.15, 0.2) is 77.8 Å². The van der Waals surface area contributed by atoms with E-state index >= 15 is 8.78 Å². The number of aromatic nitrogens is 2. The van der Waals surface area contributed by atoms with Crippen molar-refractivity contribution < 1.29 is 37.4 Å². The van der Waals surface area contributed by atoms with Crippen molar-refractivity contribution in [2.24, 2.45) is 0 Å². The average molecular weight is 608 g/mol. The fourth-order valence-electron chi connectivity index (χ4n) is 4.98. The third-order valence-corrected chi connectivity index (χ3v) is 6.91. The van der Waals surface area contributed by atoms with E-state index in [0.29, 0.717) is 20.6 Å². The molecule has 1 aliphatic heterocycles.